The average Bonchev–Trinajstić information content (AvgIpc) is 2.45. The fraction of sp³-hybridized carbons (Fsp3) is 0.417. The Labute approximate surface area is 103 Å². The molecule has 2 rings (SSSR count). The van der Waals surface area contributed by atoms with E-state index in [1.54, 1.807) is 13.8 Å². The molecule has 0 saturated heterocycles. The molecular weight excluding hydrogens is 270 g/mol. The number of ketones is 1. The Hall–Kier alpha value is -1.03. The van der Waals surface area contributed by atoms with Crippen LogP contribution in [0, 0.1) is 13.8 Å². The molecule has 0 atom stereocenters. The summed E-state index contributed by atoms with van der Waals surface area (Å²) in [5, 5.41) is 0. The van der Waals surface area contributed by atoms with E-state index in [4.69, 9.17) is 10.5 Å². The number of nitrogens with two attached hydrogens (primary N) is 1. The number of rotatable bonds is 0. The zero-order valence-electron chi connectivity index (χ0n) is 9.77. The van der Waals surface area contributed by atoms with Crippen molar-refractivity contribution in [1.82, 2.24) is 0 Å². The normalized spacial score (nSPS) is 17.2. The maximum atomic E-state index is 12.1. The lowest BCUT2D eigenvalue weighted by Gasteiger charge is -2.16. The Kier molecular flexibility index (Phi) is 2.31. The van der Waals surface area contributed by atoms with E-state index in [1.165, 1.54) is 0 Å². The van der Waals surface area contributed by atoms with Crippen LogP contribution < -0.4 is 10.5 Å². The zero-order chi connectivity index (χ0) is 12.2. The van der Waals surface area contributed by atoms with Crippen LogP contribution >= 0.6 is 15.9 Å². The number of ether oxygens (including phenoxy) is 1. The Morgan fingerprint density at radius 1 is 1.25 bits per heavy atom. The van der Waals surface area contributed by atoms with E-state index in [-0.39, 0.29) is 5.78 Å². The molecule has 0 amide bonds. The van der Waals surface area contributed by atoms with Crippen LogP contribution in [0.25, 0.3) is 0 Å². The molecule has 0 aliphatic carbocycles. The molecule has 0 saturated carbocycles. The van der Waals surface area contributed by atoms with E-state index in [0.29, 0.717) is 21.5 Å². The summed E-state index contributed by atoms with van der Waals surface area (Å²) in [5.41, 5.74) is 8.24. The van der Waals surface area contributed by atoms with Gasteiger partial charge in [0.1, 0.15) is 5.75 Å². The highest BCUT2D eigenvalue weighted by atomic mass is 79.9. The van der Waals surface area contributed by atoms with Crippen molar-refractivity contribution in [3.63, 3.8) is 0 Å². The number of hydrogen-bond donors (Lipinski definition) is 1. The minimum absolute atomic E-state index is 0.0239. The molecule has 2 N–H and O–H groups in total. The first-order valence-corrected chi connectivity index (χ1v) is 5.88. The van der Waals surface area contributed by atoms with Gasteiger partial charge in [0.25, 0.3) is 0 Å². The highest BCUT2D eigenvalue weighted by Gasteiger charge is 2.43. The van der Waals surface area contributed by atoms with E-state index in [1.807, 2.05) is 13.8 Å². The summed E-state index contributed by atoms with van der Waals surface area (Å²) in [5.74, 6) is 0.637. The molecule has 3 nitrogen and oxygen atoms in total. The minimum atomic E-state index is -0.796. The van der Waals surface area contributed by atoms with E-state index < -0.39 is 5.60 Å². The van der Waals surface area contributed by atoms with Crippen molar-refractivity contribution in [1.29, 1.82) is 0 Å². The second-order valence-electron chi connectivity index (χ2n) is 4.62. The smallest absolute Gasteiger partial charge is 0.210 e. The van der Waals surface area contributed by atoms with Crippen molar-refractivity contribution in [2.75, 3.05) is 5.73 Å². The standard InChI is InChI=1S/C12H14BrNO2/c1-5-6(2)10-7(8(13)9(5)14)11(15)12(3,4)16-10/h14H2,1-4H3. The highest BCUT2D eigenvalue weighted by molar-refractivity contribution is 9.10. The number of anilines is 1. The number of nitrogen functional groups attached to an aromatic ring is 1. The van der Waals surface area contributed by atoms with E-state index in [2.05, 4.69) is 15.9 Å². The summed E-state index contributed by atoms with van der Waals surface area (Å²) in [6, 6.07) is 0. The molecule has 1 heterocycles. The third-order valence-electron chi connectivity index (χ3n) is 3.12. The van der Waals surface area contributed by atoms with Crippen molar-refractivity contribution < 1.29 is 9.53 Å². The van der Waals surface area contributed by atoms with Gasteiger partial charge in [-0.25, -0.2) is 0 Å². The average molecular weight is 284 g/mol. The summed E-state index contributed by atoms with van der Waals surface area (Å²) in [6.45, 7) is 7.39. The van der Waals surface area contributed by atoms with Gasteiger partial charge in [0.05, 0.1) is 15.7 Å². The molecule has 0 bridgehead atoms. The number of carbonyl (C=O) groups excluding carboxylic acids is 1. The Morgan fingerprint density at radius 2 is 1.81 bits per heavy atom. The summed E-state index contributed by atoms with van der Waals surface area (Å²) in [6.07, 6.45) is 0. The van der Waals surface area contributed by atoms with Crippen LogP contribution in [-0.2, 0) is 0 Å². The topological polar surface area (TPSA) is 52.3 Å². The lowest BCUT2D eigenvalue weighted by atomic mass is 9.96. The van der Waals surface area contributed by atoms with Crippen LogP contribution in [0.4, 0.5) is 5.69 Å². The van der Waals surface area contributed by atoms with Gasteiger partial charge in [0.15, 0.2) is 5.60 Å². The first-order chi connectivity index (χ1) is 7.27. The zero-order valence-corrected chi connectivity index (χ0v) is 11.4. The van der Waals surface area contributed by atoms with Gasteiger partial charge in [0, 0.05) is 0 Å². The van der Waals surface area contributed by atoms with Gasteiger partial charge in [-0.05, 0) is 54.8 Å². The second kappa shape index (κ2) is 3.23. The van der Waals surface area contributed by atoms with Gasteiger partial charge in [-0.3, -0.25) is 4.79 Å². The van der Waals surface area contributed by atoms with Gasteiger partial charge in [-0.15, -0.1) is 0 Å². The number of carbonyl (C=O) groups is 1. The van der Waals surface area contributed by atoms with Crippen molar-refractivity contribution in [2.45, 2.75) is 33.3 Å². The van der Waals surface area contributed by atoms with Crippen LogP contribution in [-0.4, -0.2) is 11.4 Å². The maximum Gasteiger partial charge on any atom is 0.210 e. The highest BCUT2D eigenvalue weighted by Crippen LogP contribution is 2.45. The van der Waals surface area contributed by atoms with E-state index in [9.17, 15) is 4.79 Å². The molecule has 0 spiro atoms. The van der Waals surface area contributed by atoms with Gasteiger partial charge < -0.3 is 10.5 Å². The number of halogens is 1. The van der Waals surface area contributed by atoms with Crippen molar-refractivity contribution >= 4 is 27.4 Å². The fourth-order valence-corrected chi connectivity index (χ4v) is 2.55. The van der Waals surface area contributed by atoms with Gasteiger partial charge in [0.2, 0.25) is 5.78 Å². The summed E-state index contributed by atoms with van der Waals surface area (Å²) < 4.78 is 6.37. The van der Waals surface area contributed by atoms with Gasteiger partial charge in [-0.1, -0.05) is 0 Å². The second-order valence-corrected chi connectivity index (χ2v) is 5.42. The SMILES string of the molecule is Cc1c(C)c2c(c(Br)c1N)C(=O)C(C)(C)O2. The first kappa shape index (κ1) is 11.5. The molecule has 0 radical (unpaired) electrons. The van der Waals surface area contributed by atoms with Crippen molar-refractivity contribution in [3.05, 3.63) is 21.2 Å². The van der Waals surface area contributed by atoms with E-state index in [0.717, 1.165) is 11.1 Å². The molecule has 4 heteroatoms. The number of hydrogen-bond acceptors (Lipinski definition) is 3. The van der Waals surface area contributed by atoms with Crippen LogP contribution in [0.3, 0.4) is 0 Å². The summed E-state index contributed by atoms with van der Waals surface area (Å²) in [4.78, 5) is 12.1. The van der Waals surface area contributed by atoms with Gasteiger partial charge in [-0.2, -0.15) is 0 Å². The van der Waals surface area contributed by atoms with Crippen LogP contribution in [0.15, 0.2) is 4.47 Å². The fourth-order valence-electron chi connectivity index (χ4n) is 1.89. The predicted octanol–water partition coefficient (Wildman–Crippen LogP) is 3.00. The molecule has 1 aliphatic heterocycles. The molecule has 0 aromatic heterocycles. The molecule has 86 valence electrons. The van der Waals surface area contributed by atoms with Gasteiger partial charge >= 0.3 is 0 Å². The summed E-state index contributed by atoms with van der Waals surface area (Å²) in [7, 11) is 0. The molecule has 1 aromatic rings. The number of Topliss-reactive ketones (excluding diaryl/α,β-unsaturated/α-hetero) is 1. The minimum Gasteiger partial charge on any atom is -0.479 e. The van der Waals surface area contributed by atoms with Crippen molar-refractivity contribution in [2.24, 2.45) is 0 Å². The molecule has 1 aliphatic rings. The predicted molar refractivity (Wildman–Crippen MR) is 67.1 cm³/mol. The van der Waals surface area contributed by atoms with Crippen molar-refractivity contribution in [3.8, 4) is 5.75 Å². The maximum absolute atomic E-state index is 12.1. The molecular formula is C12H14BrNO2. The lowest BCUT2D eigenvalue weighted by molar-refractivity contribution is 0.0682. The van der Waals surface area contributed by atoms with E-state index >= 15 is 0 Å². The number of benzene rings is 1. The molecule has 1 aromatic carbocycles. The Balaban J connectivity index is 2.82. The lowest BCUT2D eigenvalue weighted by Crippen LogP contribution is -2.32. The third kappa shape index (κ3) is 1.29. The van der Waals surface area contributed by atoms with Crippen LogP contribution in [0.5, 0.6) is 5.75 Å². The summed E-state index contributed by atoms with van der Waals surface area (Å²) >= 11 is 3.38. The first-order valence-electron chi connectivity index (χ1n) is 5.09. The monoisotopic (exact) mass is 283 g/mol. The van der Waals surface area contributed by atoms with Crippen LogP contribution in [0.2, 0.25) is 0 Å². The third-order valence-corrected chi connectivity index (χ3v) is 3.94. The number of fused-ring (bicyclic) bond motifs is 1. The van der Waals surface area contributed by atoms with Crippen LogP contribution in [0.1, 0.15) is 35.3 Å². The quantitative estimate of drug-likeness (QED) is 0.745. The Morgan fingerprint density at radius 3 is 2.38 bits per heavy atom. The molecule has 16 heavy (non-hydrogen) atoms. The Bertz CT molecular complexity index is 506. The largest absolute Gasteiger partial charge is 0.479 e. The molecule has 0 unspecified atom stereocenters. The molecule has 0 fully saturated rings.